The fourth-order valence-electron chi connectivity index (χ4n) is 4.47. The molecule has 0 amide bonds. The Bertz CT molecular complexity index is 1020. The van der Waals surface area contributed by atoms with E-state index in [1.54, 1.807) is 21.3 Å². The number of benzene rings is 2. The van der Waals surface area contributed by atoms with Gasteiger partial charge in [0.05, 0.1) is 39.2 Å². The monoisotopic (exact) mass is 425 g/mol. The van der Waals surface area contributed by atoms with E-state index in [2.05, 4.69) is 25.1 Å². The maximum Gasteiger partial charge on any atom is 0.337 e. The first-order valence-electron chi connectivity index (χ1n) is 10.3. The molecule has 0 radical (unpaired) electrons. The van der Waals surface area contributed by atoms with Crippen LogP contribution in [-0.4, -0.2) is 52.2 Å². The molecule has 0 spiro atoms. The van der Waals surface area contributed by atoms with Crippen LogP contribution in [0.3, 0.4) is 0 Å². The van der Waals surface area contributed by atoms with Gasteiger partial charge in [-0.05, 0) is 41.3 Å². The summed E-state index contributed by atoms with van der Waals surface area (Å²) in [5, 5.41) is 9.70. The Morgan fingerprint density at radius 1 is 1.10 bits per heavy atom. The van der Waals surface area contributed by atoms with E-state index in [4.69, 9.17) is 18.9 Å². The van der Waals surface area contributed by atoms with Crippen molar-refractivity contribution in [1.82, 2.24) is 0 Å². The van der Waals surface area contributed by atoms with E-state index in [9.17, 15) is 9.90 Å². The van der Waals surface area contributed by atoms with Gasteiger partial charge < -0.3 is 29.0 Å². The van der Waals surface area contributed by atoms with E-state index in [1.807, 2.05) is 17.0 Å². The molecule has 0 aromatic heterocycles. The number of aryl methyl sites for hydroxylation is 1. The second-order valence-corrected chi connectivity index (χ2v) is 7.45. The lowest BCUT2D eigenvalue weighted by Crippen LogP contribution is -2.33. The van der Waals surface area contributed by atoms with Gasteiger partial charge in [-0.2, -0.15) is 0 Å². The number of β-amino-alcohol motifs (C(OH)–C–C–N with tert-alkyl or cyclic N) is 1. The fourth-order valence-corrected chi connectivity index (χ4v) is 4.47. The largest absolute Gasteiger partial charge is 0.493 e. The van der Waals surface area contributed by atoms with Crippen LogP contribution in [0.15, 0.2) is 41.6 Å². The Morgan fingerprint density at radius 3 is 2.39 bits per heavy atom. The van der Waals surface area contributed by atoms with E-state index in [0.29, 0.717) is 29.4 Å². The Hall–Kier alpha value is -3.19. The molecule has 0 saturated carbocycles. The summed E-state index contributed by atoms with van der Waals surface area (Å²) < 4.78 is 22.0. The molecule has 1 unspecified atom stereocenters. The molecule has 0 aliphatic carbocycles. The highest BCUT2D eigenvalue weighted by Gasteiger charge is 2.42. The van der Waals surface area contributed by atoms with Crippen LogP contribution in [0.2, 0.25) is 0 Å². The molecule has 4 rings (SSSR count). The minimum absolute atomic E-state index is 0.0321. The zero-order valence-corrected chi connectivity index (χ0v) is 18.2. The van der Waals surface area contributed by atoms with Gasteiger partial charge in [0.2, 0.25) is 5.75 Å². The van der Waals surface area contributed by atoms with Gasteiger partial charge in [-0.3, -0.25) is 0 Å². The van der Waals surface area contributed by atoms with Gasteiger partial charge in [0.25, 0.3) is 0 Å². The van der Waals surface area contributed by atoms with Crippen LogP contribution in [0, 0.1) is 0 Å². The molecular formula is C24H27NO6. The second-order valence-electron chi connectivity index (χ2n) is 7.45. The lowest BCUT2D eigenvalue weighted by Gasteiger charge is -2.36. The summed E-state index contributed by atoms with van der Waals surface area (Å²) in [6, 6.07) is 10.0. The average molecular weight is 425 g/mol. The van der Waals surface area contributed by atoms with Crippen molar-refractivity contribution < 1.29 is 28.8 Å². The topological polar surface area (TPSA) is 77.5 Å². The van der Waals surface area contributed by atoms with Gasteiger partial charge in [0.1, 0.15) is 6.61 Å². The minimum atomic E-state index is -0.352. The molecule has 31 heavy (non-hydrogen) atoms. The molecule has 0 fully saturated rings. The molecule has 1 N–H and O–H groups in total. The second kappa shape index (κ2) is 8.51. The average Bonchev–Trinajstić information content (AvgIpc) is 3.18. The van der Waals surface area contributed by atoms with Crippen LogP contribution in [0.1, 0.15) is 29.5 Å². The van der Waals surface area contributed by atoms with Crippen molar-refractivity contribution in [3.05, 3.63) is 58.3 Å². The highest BCUT2D eigenvalue weighted by atomic mass is 16.5. The number of methoxy groups -OCH3 is 3. The maximum atomic E-state index is 12.9. The number of aliphatic hydroxyl groups excluding tert-OH is 1. The normalized spacial score (nSPS) is 17.3. The highest BCUT2D eigenvalue weighted by Crippen LogP contribution is 2.50. The van der Waals surface area contributed by atoms with Crippen molar-refractivity contribution in [1.29, 1.82) is 0 Å². The van der Waals surface area contributed by atoms with Crippen LogP contribution >= 0.6 is 0 Å². The standard InChI is InChI=1S/C24H27NO6/c1-5-14-6-7-16-17(10-14)25(8-9-26)18-13-31-24(27)22(18)21(16)15-11-19(28-2)23(30-4)20(12-15)29-3/h6-7,10-12,21,26H,5,8-9,13H2,1-4H3. The number of esters is 1. The summed E-state index contributed by atoms with van der Waals surface area (Å²) in [5.41, 5.74) is 5.34. The van der Waals surface area contributed by atoms with Gasteiger partial charge in [-0.1, -0.05) is 19.1 Å². The van der Waals surface area contributed by atoms with E-state index in [0.717, 1.165) is 28.9 Å². The number of nitrogens with zero attached hydrogens (tertiary/aromatic N) is 1. The quantitative estimate of drug-likeness (QED) is 0.683. The number of carbonyl (C=O) groups excluding carboxylic acids is 1. The number of rotatable bonds is 7. The fraction of sp³-hybridized carbons (Fsp3) is 0.375. The molecule has 2 aromatic rings. The Morgan fingerprint density at radius 2 is 1.81 bits per heavy atom. The first-order chi connectivity index (χ1) is 15.1. The predicted molar refractivity (Wildman–Crippen MR) is 116 cm³/mol. The summed E-state index contributed by atoms with van der Waals surface area (Å²) >= 11 is 0. The number of ether oxygens (including phenoxy) is 4. The van der Waals surface area contributed by atoms with Gasteiger partial charge >= 0.3 is 5.97 Å². The number of fused-ring (bicyclic) bond motifs is 1. The molecule has 2 aromatic carbocycles. The van der Waals surface area contributed by atoms with Gasteiger partial charge in [-0.15, -0.1) is 0 Å². The van der Waals surface area contributed by atoms with Crippen molar-refractivity contribution in [3.63, 3.8) is 0 Å². The molecule has 1 atom stereocenters. The maximum absolute atomic E-state index is 12.9. The van der Waals surface area contributed by atoms with Crippen LogP contribution in [0.4, 0.5) is 5.69 Å². The third-order valence-electron chi connectivity index (χ3n) is 5.93. The first-order valence-corrected chi connectivity index (χ1v) is 10.3. The number of hydrogen-bond donors (Lipinski definition) is 1. The highest BCUT2D eigenvalue weighted by molar-refractivity contribution is 5.97. The number of hydrogen-bond acceptors (Lipinski definition) is 7. The predicted octanol–water partition coefficient (Wildman–Crippen LogP) is 3.03. The summed E-state index contributed by atoms with van der Waals surface area (Å²) in [6.07, 6.45) is 0.885. The number of carbonyl (C=O) groups is 1. The Balaban J connectivity index is 1.98. The van der Waals surface area contributed by atoms with Crippen molar-refractivity contribution in [2.75, 3.05) is 46.0 Å². The first kappa shape index (κ1) is 21.1. The SMILES string of the molecule is CCc1ccc2c(c1)N(CCO)C1=C(C(=O)OC1)C2c1cc(OC)c(OC)c(OC)c1. The summed E-state index contributed by atoms with van der Waals surface area (Å²) in [7, 11) is 4.70. The lowest BCUT2D eigenvalue weighted by molar-refractivity contribution is -0.136. The summed E-state index contributed by atoms with van der Waals surface area (Å²) in [6.45, 7) is 2.64. The van der Waals surface area contributed by atoms with Crippen LogP contribution in [0.25, 0.3) is 0 Å². The zero-order chi connectivity index (χ0) is 22.1. The summed E-state index contributed by atoms with van der Waals surface area (Å²) in [5.74, 6) is 0.845. The van der Waals surface area contributed by atoms with Gasteiger partial charge in [0.15, 0.2) is 11.5 Å². The molecule has 2 aliphatic rings. The van der Waals surface area contributed by atoms with E-state index in [-0.39, 0.29) is 25.1 Å². The Kier molecular flexibility index (Phi) is 5.78. The van der Waals surface area contributed by atoms with Crippen LogP contribution < -0.4 is 19.1 Å². The zero-order valence-electron chi connectivity index (χ0n) is 18.2. The molecule has 0 saturated heterocycles. The molecule has 7 nitrogen and oxygen atoms in total. The van der Waals surface area contributed by atoms with Crippen molar-refractivity contribution in [3.8, 4) is 17.2 Å². The molecule has 2 heterocycles. The Labute approximate surface area is 181 Å². The molecule has 164 valence electrons. The van der Waals surface area contributed by atoms with E-state index >= 15 is 0 Å². The smallest absolute Gasteiger partial charge is 0.337 e. The van der Waals surface area contributed by atoms with Crippen molar-refractivity contribution in [2.45, 2.75) is 19.3 Å². The van der Waals surface area contributed by atoms with Gasteiger partial charge in [0, 0.05) is 18.2 Å². The third kappa shape index (κ3) is 3.39. The number of anilines is 1. The lowest BCUT2D eigenvalue weighted by atomic mass is 9.79. The van der Waals surface area contributed by atoms with Gasteiger partial charge in [-0.25, -0.2) is 4.79 Å². The molecule has 0 bridgehead atoms. The van der Waals surface area contributed by atoms with Crippen LogP contribution in [-0.2, 0) is 16.0 Å². The molecular weight excluding hydrogens is 398 g/mol. The van der Waals surface area contributed by atoms with Crippen molar-refractivity contribution in [2.24, 2.45) is 0 Å². The minimum Gasteiger partial charge on any atom is -0.493 e. The van der Waals surface area contributed by atoms with Crippen LogP contribution in [0.5, 0.6) is 17.2 Å². The van der Waals surface area contributed by atoms with Crippen molar-refractivity contribution >= 4 is 11.7 Å². The molecule has 7 heteroatoms. The van der Waals surface area contributed by atoms with E-state index in [1.165, 1.54) is 5.56 Å². The molecule has 2 aliphatic heterocycles. The summed E-state index contributed by atoms with van der Waals surface area (Å²) in [4.78, 5) is 14.9. The number of aliphatic hydroxyl groups is 1. The third-order valence-corrected chi connectivity index (χ3v) is 5.93. The van der Waals surface area contributed by atoms with E-state index < -0.39 is 0 Å². The number of cyclic esters (lactones) is 1.